The van der Waals surface area contributed by atoms with Crippen LogP contribution in [0.3, 0.4) is 0 Å². The van der Waals surface area contributed by atoms with Gasteiger partial charge in [0.2, 0.25) is 0 Å². The van der Waals surface area contributed by atoms with Gasteiger partial charge < -0.3 is 0 Å². The van der Waals surface area contributed by atoms with Gasteiger partial charge in [0.25, 0.3) is 0 Å². The maximum atomic E-state index is 3.93. The summed E-state index contributed by atoms with van der Waals surface area (Å²) in [6.45, 7) is 3.93. The lowest BCUT2D eigenvalue weighted by molar-refractivity contribution is 0.376. The van der Waals surface area contributed by atoms with E-state index >= 15 is 0 Å². The fourth-order valence-electron chi connectivity index (χ4n) is 3.31. The molecule has 0 radical (unpaired) electrons. The predicted octanol–water partition coefficient (Wildman–Crippen LogP) is 5.31. The second kappa shape index (κ2) is 6.58. The van der Waals surface area contributed by atoms with E-state index in [0.717, 1.165) is 11.8 Å². The minimum atomic E-state index is 0.740. The van der Waals surface area contributed by atoms with Crippen LogP contribution in [0.5, 0.6) is 0 Å². The van der Waals surface area contributed by atoms with Crippen molar-refractivity contribution in [1.29, 1.82) is 0 Å². The van der Waals surface area contributed by atoms with Crippen molar-refractivity contribution in [2.45, 2.75) is 31.6 Å². The number of allylic oxidation sites excluding steroid dienone is 1. The van der Waals surface area contributed by atoms with Crippen LogP contribution in [-0.2, 0) is 0 Å². The lowest BCUT2D eigenvalue weighted by Gasteiger charge is -2.27. The second-order valence-electron chi connectivity index (χ2n) is 6.09. The quantitative estimate of drug-likeness (QED) is 0.531. The van der Waals surface area contributed by atoms with Gasteiger partial charge in [-0.2, -0.15) is 0 Å². The summed E-state index contributed by atoms with van der Waals surface area (Å²) in [6.07, 6.45) is 7.33. The average molecular weight is 294 g/mol. The Balaban J connectivity index is 1.72. The maximum absolute atomic E-state index is 3.93. The lowest BCUT2D eigenvalue weighted by Crippen LogP contribution is -2.11. The van der Waals surface area contributed by atoms with Gasteiger partial charge >= 0.3 is 0 Å². The van der Waals surface area contributed by atoms with Crippen molar-refractivity contribution in [3.63, 3.8) is 0 Å². The van der Waals surface area contributed by atoms with Crippen LogP contribution in [-0.4, -0.2) is 0 Å². The fraction of sp³-hybridized carbons (Fsp3) is 0.300. The number of hydrogen-bond donors (Lipinski definition) is 0. The molecule has 3 rings (SSSR count). The van der Waals surface area contributed by atoms with Crippen molar-refractivity contribution in [2.75, 3.05) is 0 Å². The smallest absolute Gasteiger partial charge is 0.0162 e. The maximum Gasteiger partial charge on any atom is -0.0162 e. The van der Waals surface area contributed by atoms with E-state index in [4.69, 9.17) is 0 Å². The first-order chi connectivity index (χ1) is 10.3. The molecule has 0 heterocycles. The minimum Gasteiger partial charge on any atom is -0.106 e. The molecular weight excluding hydrogens is 271 g/mol. The van der Waals surface area contributed by atoms with Gasteiger partial charge in [-0.25, -0.2) is 0 Å². The summed E-state index contributed by atoms with van der Waals surface area (Å²) < 4.78 is 0. The van der Waals surface area contributed by atoms with Crippen LogP contribution in [0, 0.1) is 5.92 Å². The molecule has 2 aromatic rings. The molecule has 108 valence electrons. The molecule has 1 heteroatoms. The Morgan fingerprint density at radius 3 is 1.86 bits per heavy atom. The highest BCUT2D eigenvalue weighted by Crippen LogP contribution is 2.36. The van der Waals surface area contributed by atoms with Gasteiger partial charge in [-0.15, -0.1) is 15.8 Å². The SMILES string of the molecule is C=CC1CCC(c2ccc(-c3ccc(P)cc3)cc2)CC1. The molecule has 0 spiro atoms. The Morgan fingerprint density at radius 2 is 1.33 bits per heavy atom. The third-order valence-electron chi connectivity index (χ3n) is 4.73. The first-order valence-corrected chi connectivity index (χ1v) is 8.42. The molecule has 1 aliphatic carbocycles. The highest BCUT2D eigenvalue weighted by Gasteiger charge is 2.20. The van der Waals surface area contributed by atoms with E-state index in [2.05, 4.69) is 70.4 Å². The van der Waals surface area contributed by atoms with Crippen LogP contribution in [0.15, 0.2) is 61.2 Å². The minimum absolute atomic E-state index is 0.740. The summed E-state index contributed by atoms with van der Waals surface area (Å²) in [7, 11) is 2.73. The van der Waals surface area contributed by atoms with Crippen molar-refractivity contribution in [2.24, 2.45) is 5.92 Å². The van der Waals surface area contributed by atoms with Gasteiger partial charge in [-0.1, -0.05) is 54.6 Å². The number of hydrogen-bond acceptors (Lipinski definition) is 0. The van der Waals surface area contributed by atoms with Crippen molar-refractivity contribution >= 4 is 14.5 Å². The van der Waals surface area contributed by atoms with Crippen molar-refractivity contribution in [1.82, 2.24) is 0 Å². The highest BCUT2D eigenvalue weighted by molar-refractivity contribution is 7.27. The molecule has 0 nitrogen and oxygen atoms in total. The molecule has 1 unspecified atom stereocenters. The largest absolute Gasteiger partial charge is 0.106 e. The molecular formula is C20H23P. The van der Waals surface area contributed by atoms with Crippen LogP contribution < -0.4 is 5.30 Å². The Labute approximate surface area is 130 Å². The summed E-state index contributed by atoms with van der Waals surface area (Å²) in [6, 6.07) is 17.8. The summed E-state index contributed by atoms with van der Waals surface area (Å²) in [5, 5.41) is 1.23. The predicted molar refractivity (Wildman–Crippen MR) is 96.1 cm³/mol. The average Bonchev–Trinajstić information content (AvgIpc) is 2.56. The summed E-state index contributed by atoms with van der Waals surface area (Å²) in [4.78, 5) is 0. The van der Waals surface area contributed by atoms with Crippen molar-refractivity contribution in [3.8, 4) is 11.1 Å². The van der Waals surface area contributed by atoms with E-state index in [1.54, 1.807) is 0 Å². The molecule has 1 saturated carbocycles. The van der Waals surface area contributed by atoms with Gasteiger partial charge in [-0.05, 0) is 59.5 Å². The molecule has 0 saturated heterocycles. The molecule has 0 N–H and O–H groups in total. The molecule has 1 fully saturated rings. The van der Waals surface area contributed by atoms with E-state index in [1.807, 2.05) is 0 Å². The monoisotopic (exact) mass is 294 g/mol. The third-order valence-corrected chi connectivity index (χ3v) is 5.12. The zero-order valence-electron chi connectivity index (χ0n) is 12.5. The third kappa shape index (κ3) is 3.44. The second-order valence-corrected chi connectivity index (χ2v) is 6.76. The van der Waals surface area contributed by atoms with Crippen LogP contribution in [0.4, 0.5) is 0 Å². The zero-order chi connectivity index (χ0) is 14.7. The standard InChI is InChI=1S/C20H23P/c1-2-15-3-5-16(6-4-15)17-7-9-18(10-8-17)19-11-13-20(21)14-12-19/h2,7-16H,1,3-6,21H2. The highest BCUT2D eigenvalue weighted by atomic mass is 31.0. The normalized spacial score (nSPS) is 22.0. The van der Waals surface area contributed by atoms with Gasteiger partial charge in [0, 0.05) is 0 Å². The van der Waals surface area contributed by atoms with E-state index < -0.39 is 0 Å². The molecule has 0 amide bonds. The molecule has 0 aliphatic heterocycles. The Kier molecular flexibility index (Phi) is 4.56. The van der Waals surface area contributed by atoms with Crippen LogP contribution in [0.2, 0.25) is 0 Å². The van der Waals surface area contributed by atoms with Gasteiger partial charge in [0.1, 0.15) is 0 Å². The first-order valence-electron chi connectivity index (χ1n) is 7.84. The van der Waals surface area contributed by atoms with Gasteiger partial charge in [0.15, 0.2) is 0 Å². The Bertz CT molecular complexity index is 587. The summed E-state index contributed by atoms with van der Waals surface area (Å²) in [5.41, 5.74) is 4.11. The molecule has 0 bridgehead atoms. The Morgan fingerprint density at radius 1 is 0.810 bits per heavy atom. The van der Waals surface area contributed by atoms with E-state index in [0.29, 0.717) is 0 Å². The molecule has 0 aromatic heterocycles. The molecule has 21 heavy (non-hydrogen) atoms. The van der Waals surface area contributed by atoms with Crippen LogP contribution in [0.25, 0.3) is 11.1 Å². The zero-order valence-corrected chi connectivity index (χ0v) is 13.6. The molecule has 1 aliphatic rings. The van der Waals surface area contributed by atoms with Crippen molar-refractivity contribution < 1.29 is 0 Å². The van der Waals surface area contributed by atoms with Crippen LogP contribution in [0.1, 0.15) is 37.2 Å². The Hall–Kier alpha value is -1.39. The molecule has 2 aromatic carbocycles. The van der Waals surface area contributed by atoms with Gasteiger partial charge in [0.05, 0.1) is 0 Å². The summed E-state index contributed by atoms with van der Waals surface area (Å²) in [5.74, 6) is 1.48. The number of benzene rings is 2. The summed E-state index contributed by atoms with van der Waals surface area (Å²) >= 11 is 0. The topological polar surface area (TPSA) is 0 Å². The number of rotatable bonds is 3. The first kappa shape index (κ1) is 14.5. The lowest BCUT2D eigenvalue weighted by atomic mass is 9.78. The van der Waals surface area contributed by atoms with E-state index in [1.165, 1.54) is 47.7 Å². The van der Waals surface area contributed by atoms with E-state index in [9.17, 15) is 0 Å². The van der Waals surface area contributed by atoms with Crippen molar-refractivity contribution in [3.05, 3.63) is 66.7 Å². The van der Waals surface area contributed by atoms with E-state index in [-0.39, 0.29) is 0 Å². The fourth-order valence-corrected chi connectivity index (χ4v) is 3.50. The molecule has 1 atom stereocenters. The van der Waals surface area contributed by atoms with Crippen LogP contribution >= 0.6 is 9.24 Å². The van der Waals surface area contributed by atoms with Gasteiger partial charge in [-0.3, -0.25) is 0 Å².